The van der Waals surface area contributed by atoms with Gasteiger partial charge in [-0.2, -0.15) is 29.0 Å². The van der Waals surface area contributed by atoms with Gasteiger partial charge < -0.3 is 14.9 Å². The minimum Gasteiger partial charge on any atom is -0.455 e. The summed E-state index contributed by atoms with van der Waals surface area (Å²) in [5.74, 6) is -2.24. The molecule has 0 aromatic heterocycles. The molecule has 6 atom stereocenters. The molecule has 4 fully saturated rings. The van der Waals surface area contributed by atoms with Crippen LogP contribution in [-0.2, 0) is 19.6 Å². The highest BCUT2D eigenvalue weighted by Crippen LogP contribution is 2.65. The van der Waals surface area contributed by atoms with Crippen molar-refractivity contribution in [2.45, 2.75) is 97.8 Å². The van der Waals surface area contributed by atoms with Crippen molar-refractivity contribution >= 4 is 27.8 Å². The molecule has 2 saturated heterocycles. The molecule has 4 rings (SSSR count). The number of aliphatic hydroxyl groups is 2. The van der Waals surface area contributed by atoms with Gasteiger partial charge in [0.1, 0.15) is 0 Å². The van der Waals surface area contributed by atoms with Gasteiger partial charge >= 0.3 is 21.3 Å². The van der Waals surface area contributed by atoms with Crippen molar-refractivity contribution in [3.8, 4) is 0 Å². The van der Waals surface area contributed by atoms with Gasteiger partial charge in [-0.1, -0.05) is 25.7 Å². The number of hydrogen-bond donors (Lipinski definition) is 3. The molecule has 11 heteroatoms. The van der Waals surface area contributed by atoms with Crippen molar-refractivity contribution in [2.24, 2.45) is 17.8 Å². The van der Waals surface area contributed by atoms with Crippen LogP contribution in [0.4, 0.5) is 8.78 Å². The summed E-state index contributed by atoms with van der Waals surface area (Å²) in [6.07, 6.45) is 3.98. The Balaban J connectivity index is 1.57. The first kappa shape index (κ1) is 23.7. The van der Waals surface area contributed by atoms with E-state index >= 15 is 0 Å². The van der Waals surface area contributed by atoms with E-state index in [9.17, 15) is 32.2 Å². The third kappa shape index (κ3) is 3.82. The summed E-state index contributed by atoms with van der Waals surface area (Å²) in [6.45, 7) is 0.734. The molecular weight excluding hydrogens is 454 g/mol. The standard InChI is InChI=1S/C20H30F2O7S2/c1-11(20(21,22)31(26,27)28)29-17(23)12-10-13-14(18(24)6-2-3-7-18)15(16(12)30-13)19(25)8-4-5-9-19/h11-16,24-25H,2-10H2,1H3,(H,26,27,28). The highest BCUT2D eigenvalue weighted by atomic mass is 32.2. The maximum atomic E-state index is 13.9. The van der Waals surface area contributed by atoms with Gasteiger partial charge in [0.25, 0.3) is 0 Å². The molecule has 2 saturated carbocycles. The topological polar surface area (TPSA) is 121 Å². The number of ether oxygens (including phenoxy) is 1. The average Bonchev–Trinajstić information content (AvgIpc) is 3.44. The number of fused-ring (bicyclic) bond motifs is 2. The highest BCUT2D eigenvalue weighted by molar-refractivity contribution is 8.01. The summed E-state index contributed by atoms with van der Waals surface area (Å²) in [4.78, 5) is 12.8. The fourth-order valence-electron chi connectivity index (χ4n) is 6.47. The molecule has 0 spiro atoms. The predicted molar refractivity (Wildman–Crippen MR) is 109 cm³/mol. The summed E-state index contributed by atoms with van der Waals surface area (Å²) < 4.78 is 63.3. The summed E-state index contributed by atoms with van der Waals surface area (Å²) in [5, 5.41) is 17.8. The Morgan fingerprint density at radius 1 is 1.06 bits per heavy atom. The second kappa shape index (κ2) is 7.78. The first-order valence-electron chi connectivity index (χ1n) is 11.0. The maximum absolute atomic E-state index is 13.9. The molecular formula is C20H30F2O7S2. The lowest BCUT2D eigenvalue weighted by molar-refractivity contribution is -0.170. The smallest absolute Gasteiger partial charge is 0.405 e. The molecule has 0 aromatic carbocycles. The summed E-state index contributed by atoms with van der Waals surface area (Å²) in [5.41, 5.74) is -1.91. The quantitative estimate of drug-likeness (QED) is 0.389. The lowest BCUT2D eigenvalue weighted by Gasteiger charge is -2.47. The lowest BCUT2D eigenvalue weighted by Crippen LogP contribution is -2.56. The number of esters is 1. The van der Waals surface area contributed by atoms with Crippen LogP contribution in [-0.4, -0.2) is 62.2 Å². The van der Waals surface area contributed by atoms with Crippen LogP contribution in [0.1, 0.15) is 64.7 Å². The largest absolute Gasteiger partial charge is 0.455 e. The molecule has 4 aliphatic rings. The molecule has 2 heterocycles. The number of halogens is 2. The van der Waals surface area contributed by atoms with Crippen molar-refractivity contribution in [3.05, 3.63) is 0 Å². The predicted octanol–water partition coefficient (Wildman–Crippen LogP) is 2.75. The minimum absolute atomic E-state index is 0.0994. The summed E-state index contributed by atoms with van der Waals surface area (Å²) in [7, 11) is -5.73. The Morgan fingerprint density at radius 2 is 1.55 bits per heavy atom. The molecule has 0 amide bonds. The van der Waals surface area contributed by atoms with Gasteiger partial charge in [0.2, 0.25) is 0 Å². The molecule has 2 aliphatic carbocycles. The van der Waals surface area contributed by atoms with Crippen LogP contribution in [0.15, 0.2) is 0 Å². The fraction of sp³-hybridized carbons (Fsp3) is 0.950. The van der Waals surface area contributed by atoms with E-state index in [1.807, 2.05) is 0 Å². The van der Waals surface area contributed by atoms with E-state index in [2.05, 4.69) is 0 Å². The number of hydrogen-bond acceptors (Lipinski definition) is 7. The van der Waals surface area contributed by atoms with Gasteiger partial charge in [-0.25, -0.2) is 0 Å². The van der Waals surface area contributed by atoms with Crippen LogP contribution in [0.25, 0.3) is 0 Å². The SMILES string of the molecule is CC(OC(=O)C1CC2SC1C(C1(O)CCCC1)C2C1(O)CCCC1)C(F)(F)S(=O)(=O)O. The first-order valence-corrected chi connectivity index (χ1v) is 13.3. The van der Waals surface area contributed by atoms with Gasteiger partial charge in [-0.15, -0.1) is 0 Å². The van der Waals surface area contributed by atoms with Crippen LogP contribution < -0.4 is 0 Å². The second-order valence-corrected chi connectivity index (χ2v) is 12.7. The van der Waals surface area contributed by atoms with E-state index < -0.39 is 44.6 Å². The van der Waals surface area contributed by atoms with Gasteiger partial charge in [-0.3, -0.25) is 9.35 Å². The third-order valence-electron chi connectivity index (χ3n) is 7.95. The number of carbonyl (C=O) groups is 1. The van der Waals surface area contributed by atoms with E-state index in [0.29, 0.717) is 32.1 Å². The zero-order valence-electron chi connectivity index (χ0n) is 17.4. The monoisotopic (exact) mass is 484 g/mol. The molecule has 2 aliphatic heterocycles. The Hall–Kier alpha value is -0.490. The molecule has 0 radical (unpaired) electrons. The van der Waals surface area contributed by atoms with E-state index in [1.165, 1.54) is 11.8 Å². The first-order chi connectivity index (χ1) is 14.3. The van der Waals surface area contributed by atoms with Crippen LogP contribution in [0.3, 0.4) is 0 Å². The van der Waals surface area contributed by atoms with Crippen LogP contribution in [0.2, 0.25) is 0 Å². The van der Waals surface area contributed by atoms with Crippen molar-refractivity contribution in [3.63, 3.8) is 0 Å². The summed E-state index contributed by atoms with van der Waals surface area (Å²) >= 11 is 1.52. The van der Waals surface area contributed by atoms with Crippen molar-refractivity contribution < 1.29 is 41.5 Å². The third-order valence-corrected chi connectivity index (χ3v) is 10.7. The number of carbonyl (C=O) groups excluding carboxylic acids is 1. The lowest BCUT2D eigenvalue weighted by atomic mass is 9.60. The normalized spacial score (nSPS) is 37.8. The van der Waals surface area contributed by atoms with Crippen molar-refractivity contribution in [1.82, 2.24) is 0 Å². The minimum atomic E-state index is -5.73. The highest BCUT2D eigenvalue weighted by Gasteiger charge is 2.67. The fourth-order valence-corrected chi connectivity index (χ4v) is 9.26. The number of thioether (sulfide) groups is 1. The van der Waals surface area contributed by atoms with Crippen molar-refractivity contribution in [1.29, 1.82) is 0 Å². The molecule has 31 heavy (non-hydrogen) atoms. The molecule has 7 nitrogen and oxygen atoms in total. The number of rotatable bonds is 6. The molecule has 2 bridgehead atoms. The zero-order chi connectivity index (χ0) is 22.8. The van der Waals surface area contributed by atoms with Gasteiger partial charge in [-0.05, 0) is 39.0 Å². The molecule has 6 unspecified atom stereocenters. The molecule has 178 valence electrons. The molecule has 0 aromatic rings. The van der Waals surface area contributed by atoms with Gasteiger partial charge in [0.05, 0.1) is 17.1 Å². The van der Waals surface area contributed by atoms with Crippen LogP contribution in [0.5, 0.6) is 0 Å². The van der Waals surface area contributed by atoms with Crippen molar-refractivity contribution in [2.75, 3.05) is 0 Å². The summed E-state index contributed by atoms with van der Waals surface area (Å²) in [6, 6.07) is 0. The Kier molecular flexibility index (Phi) is 5.94. The van der Waals surface area contributed by atoms with Gasteiger partial charge in [0, 0.05) is 22.3 Å². The second-order valence-electron chi connectivity index (χ2n) is 9.77. The number of alkyl halides is 2. The van der Waals surface area contributed by atoms with E-state index in [1.54, 1.807) is 0 Å². The Morgan fingerprint density at radius 3 is 2.03 bits per heavy atom. The van der Waals surface area contributed by atoms with E-state index in [4.69, 9.17) is 9.29 Å². The van der Waals surface area contributed by atoms with Crippen LogP contribution in [0, 0.1) is 17.8 Å². The Labute approximate surface area is 185 Å². The zero-order valence-corrected chi connectivity index (χ0v) is 19.0. The average molecular weight is 485 g/mol. The van der Waals surface area contributed by atoms with E-state index in [0.717, 1.165) is 32.6 Å². The maximum Gasteiger partial charge on any atom is 0.405 e. The molecule has 3 N–H and O–H groups in total. The van der Waals surface area contributed by atoms with Crippen LogP contribution >= 0.6 is 11.8 Å². The van der Waals surface area contributed by atoms with E-state index in [-0.39, 0.29) is 22.3 Å². The Bertz CT molecular complexity index is 821. The van der Waals surface area contributed by atoms with Gasteiger partial charge in [0.15, 0.2) is 6.10 Å².